The van der Waals surface area contributed by atoms with Crippen molar-refractivity contribution in [2.75, 3.05) is 12.4 Å². The monoisotopic (exact) mass is 537 g/mol. The number of nitrogens with one attached hydrogen (secondary N) is 2. The molecule has 0 spiro atoms. The number of aryl methyl sites for hydroxylation is 1. The Labute approximate surface area is 199 Å². The van der Waals surface area contributed by atoms with Crippen LogP contribution < -0.4 is 15.5 Å². The van der Waals surface area contributed by atoms with E-state index < -0.39 is 17.6 Å². The number of hydrogen-bond donors (Lipinski definition) is 2. The summed E-state index contributed by atoms with van der Waals surface area (Å²) in [5.41, 5.74) is 3.61. The Balaban J connectivity index is 1.60. The lowest BCUT2D eigenvalue weighted by Gasteiger charge is -2.08. The maximum Gasteiger partial charge on any atom is 0.329 e. The van der Waals surface area contributed by atoms with Crippen molar-refractivity contribution in [1.29, 1.82) is 0 Å². The molecule has 12 heteroatoms. The Morgan fingerprint density at radius 1 is 1.25 bits per heavy atom. The molecule has 32 heavy (non-hydrogen) atoms. The number of carbonyl (C=O) groups excluding carboxylic acids is 2. The summed E-state index contributed by atoms with van der Waals surface area (Å²) < 4.78 is 20.6. The maximum absolute atomic E-state index is 13.8. The van der Waals surface area contributed by atoms with Crippen LogP contribution in [-0.2, 0) is 15.3 Å². The average Bonchev–Trinajstić information content (AvgIpc) is 3.19. The number of hydrazone groups is 1. The Morgan fingerprint density at radius 3 is 2.75 bits per heavy atom. The van der Waals surface area contributed by atoms with Crippen molar-refractivity contribution in [1.82, 2.24) is 15.6 Å². The first-order chi connectivity index (χ1) is 15.4. The summed E-state index contributed by atoms with van der Waals surface area (Å²) >= 11 is 6.16. The molecule has 0 radical (unpaired) electrons. The van der Waals surface area contributed by atoms with Gasteiger partial charge in [0.1, 0.15) is 16.6 Å². The van der Waals surface area contributed by atoms with Gasteiger partial charge in [-0.1, -0.05) is 39.0 Å². The van der Waals surface area contributed by atoms with Gasteiger partial charge in [-0.25, -0.2) is 9.82 Å². The second-order valence-corrected chi connectivity index (χ2v) is 9.54. The predicted octanol–water partition coefficient (Wildman–Crippen LogP) is 4.14. The Bertz CT molecular complexity index is 1170. The number of benzene rings is 2. The first-order valence-corrected chi connectivity index (χ1v) is 11.6. The van der Waals surface area contributed by atoms with Crippen LogP contribution in [0, 0.1) is 12.7 Å². The molecular weight excluding hydrogens is 521 g/mol. The molecule has 0 unspecified atom stereocenters. The molecular formula is C20H17BrFN5O3S2. The van der Waals surface area contributed by atoms with Crippen LogP contribution in [0.1, 0.15) is 16.1 Å². The number of rotatable bonds is 7. The van der Waals surface area contributed by atoms with E-state index in [1.807, 2.05) is 13.0 Å². The minimum Gasteiger partial charge on any atom is -0.496 e. The van der Waals surface area contributed by atoms with E-state index in [0.29, 0.717) is 21.5 Å². The average molecular weight is 538 g/mol. The van der Waals surface area contributed by atoms with Gasteiger partial charge in [0, 0.05) is 15.8 Å². The lowest BCUT2D eigenvalue weighted by atomic mass is 10.1. The van der Waals surface area contributed by atoms with E-state index in [1.165, 1.54) is 41.4 Å². The number of aromatic nitrogens is 2. The molecule has 166 valence electrons. The lowest BCUT2D eigenvalue weighted by Crippen LogP contribution is -2.32. The number of methoxy groups -OCH3 is 1. The van der Waals surface area contributed by atoms with Gasteiger partial charge in [-0.3, -0.25) is 9.59 Å². The van der Waals surface area contributed by atoms with E-state index in [2.05, 4.69) is 42.0 Å². The molecule has 0 saturated carbocycles. The molecule has 2 amide bonds. The molecule has 0 saturated heterocycles. The van der Waals surface area contributed by atoms with Crippen molar-refractivity contribution in [2.45, 2.75) is 17.0 Å². The summed E-state index contributed by atoms with van der Waals surface area (Å²) in [5, 5.41) is 15.0. The van der Waals surface area contributed by atoms with Crippen LogP contribution in [0.15, 0.2) is 50.3 Å². The number of thioether (sulfide) groups is 1. The molecule has 0 aliphatic rings. The Kier molecular flexibility index (Phi) is 8.31. The van der Waals surface area contributed by atoms with Crippen LogP contribution in [0.2, 0.25) is 0 Å². The summed E-state index contributed by atoms with van der Waals surface area (Å²) in [7, 11) is 1.58. The molecule has 0 aliphatic heterocycles. The van der Waals surface area contributed by atoms with Crippen molar-refractivity contribution in [2.24, 2.45) is 5.10 Å². The highest BCUT2D eigenvalue weighted by Gasteiger charge is 2.15. The molecule has 2 aromatic carbocycles. The Morgan fingerprint density at radius 2 is 2.06 bits per heavy atom. The third kappa shape index (κ3) is 6.58. The highest BCUT2D eigenvalue weighted by molar-refractivity contribution is 9.10. The minimum absolute atomic E-state index is 0.111. The van der Waals surface area contributed by atoms with Gasteiger partial charge in [0.05, 0.1) is 19.0 Å². The van der Waals surface area contributed by atoms with Crippen LogP contribution in [0.4, 0.5) is 10.1 Å². The first-order valence-electron chi connectivity index (χ1n) is 9.05. The lowest BCUT2D eigenvalue weighted by molar-refractivity contribution is -0.136. The van der Waals surface area contributed by atoms with Gasteiger partial charge in [-0.15, -0.1) is 10.2 Å². The molecule has 3 aromatic rings. The van der Waals surface area contributed by atoms with Crippen LogP contribution in [0.25, 0.3) is 0 Å². The number of hydrogen-bond acceptors (Lipinski definition) is 8. The first kappa shape index (κ1) is 23.8. The molecule has 8 nitrogen and oxygen atoms in total. The zero-order chi connectivity index (χ0) is 23.1. The van der Waals surface area contributed by atoms with E-state index in [-0.39, 0.29) is 5.69 Å². The quantitative estimate of drug-likeness (QED) is 0.203. The fourth-order valence-electron chi connectivity index (χ4n) is 2.45. The maximum atomic E-state index is 13.8. The number of halogens is 2. The molecule has 0 fully saturated rings. The fourth-order valence-corrected chi connectivity index (χ4v) is 4.58. The SMILES string of the molecule is COc1ccc(C=NNC(=O)C(=O)Nc2ccc(Br)cc2F)cc1CSc1nnc(C)s1. The van der Waals surface area contributed by atoms with Crippen LogP contribution in [0.5, 0.6) is 5.75 Å². The van der Waals surface area contributed by atoms with Gasteiger partial charge in [0.25, 0.3) is 0 Å². The molecule has 2 N–H and O–H groups in total. The zero-order valence-corrected chi connectivity index (χ0v) is 20.1. The third-order valence-electron chi connectivity index (χ3n) is 3.93. The van der Waals surface area contributed by atoms with Crippen LogP contribution in [0.3, 0.4) is 0 Å². The van der Waals surface area contributed by atoms with Crippen molar-refractivity contribution in [3.63, 3.8) is 0 Å². The van der Waals surface area contributed by atoms with E-state index >= 15 is 0 Å². The van der Waals surface area contributed by atoms with Gasteiger partial charge < -0.3 is 10.1 Å². The highest BCUT2D eigenvalue weighted by Crippen LogP contribution is 2.30. The number of anilines is 1. The summed E-state index contributed by atoms with van der Waals surface area (Å²) in [6.45, 7) is 1.89. The van der Waals surface area contributed by atoms with Gasteiger partial charge in [-0.05, 0) is 48.9 Å². The van der Waals surface area contributed by atoms with Gasteiger partial charge in [0.2, 0.25) is 0 Å². The second-order valence-electron chi connectivity index (χ2n) is 6.22. The number of carbonyl (C=O) groups is 2. The molecule has 0 bridgehead atoms. The van der Waals surface area contributed by atoms with E-state index in [9.17, 15) is 14.0 Å². The Hall–Kier alpha value is -2.83. The highest BCUT2D eigenvalue weighted by atomic mass is 79.9. The summed E-state index contributed by atoms with van der Waals surface area (Å²) in [6, 6.07) is 9.46. The molecule has 0 aliphatic carbocycles. The fraction of sp³-hybridized carbons (Fsp3) is 0.150. The molecule has 3 rings (SSSR count). The van der Waals surface area contributed by atoms with Crippen LogP contribution >= 0.6 is 39.0 Å². The largest absolute Gasteiger partial charge is 0.496 e. The van der Waals surface area contributed by atoms with Crippen molar-refractivity contribution >= 4 is 62.7 Å². The third-order valence-corrected chi connectivity index (χ3v) is 6.44. The summed E-state index contributed by atoms with van der Waals surface area (Å²) in [6.07, 6.45) is 1.40. The number of nitrogens with zero attached hydrogens (tertiary/aromatic N) is 3. The normalized spacial score (nSPS) is 10.9. The van der Waals surface area contributed by atoms with Gasteiger partial charge in [0.15, 0.2) is 4.34 Å². The summed E-state index contributed by atoms with van der Waals surface area (Å²) in [5.74, 6) is -1.43. The molecule has 0 atom stereocenters. The smallest absolute Gasteiger partial charge is 0.329 e. The minimum atomic E-state index is -1.04. The van der Waals surface area contributed by atoms with Crippen molar-refractivity contribution in [3.05, 3.63) is 62.8 Å². The van der Waals surface area contributed by atoms with Crippen LogP contribution in [-0.4, -0.2) is 35.3 Å². The number of ether oxygens (including phenoxy) is 1. The van der Waals surface area contributed by atoms with Gasteiger partial charge >= 0.3 is 11.8 Å². The topological polar surface area (TPSA) is 106 Å². The van der Waals surface area contributed by atoms with Gasteiger partial charge in [-0.2, -0.15) is 5.10 Å². The predicted molar refractivity (Wildman–Crippen MR) is 126 cm³/mol. The number of amides is 2. The zero-order valence-electron chi connectivity index (χ0n) is 16.9. The van der Waals surface area contributed by atoms with E-state index in [1.54, 1.807) is 25.3 Å². The molecule has 1 aromatic heterocycles. The second kappa shape index (κ2) is 11.2. The van der Waals surface area contributed by atoms with Crippen molar-refractivity contribution < 1.29 is 18.7 Å². The van der Waals surface area contributed by atoms with E-state index in [0.717, 1.165) is 14.9 Å². The standard InChI is InChI=1S/C20H17BrFN5O3S2/c1-11-25-27-20(32-11)31-10-13-7-12(3-6-17(13)30-2)9-23-26-19(29)18(28)24-16-5-4-14(21)8-15(16)22/h3-9H,10H2,1-2H3,(H,24,28)(H,26,29). The summed E-state index contributed by atoms with van der Waals surface area (Å²) in [4.78, 5) is 23.9. The molecule has 1 heterocycles. The van der Waals surface area contributed by atoms with E-state index in [4.69, 9.17) is 4.74 Å². The van der Waals surface area contributed by atoms with Crippen molar-refractivity contribution in [3.8, 4) is 5.75 Å².